The van der Waals surface area contributed by atoms with E-state index in [4.69, 9.17) is 24.7 Å². The van der Waals surface area contributed by atoms with Gasteiger partial charge in [0.1, 0.15) is 0 Å². The summed E-state index contributed by atoms with van der Waals surface area (Å²) < 4.78 is 22.1. The molecule has 0 aliphatic carbocycles. The van der Waals surface area contributed by atoms with Crippen molar-refractivity contribution in [1.29, 1.82) is 0 Å². The maximum absolute atomic E-state index is 13.3. The average molecular weight is 594 g/mol. The van der Waals surface area contributed by atoms with Crippen molar-refractivity contribution in [1.82, 2.24) is 10.2 Å². The number of carbonyl (C=O) groups excluding carboxylic acids is 1. The molecule has 1 amide bonds. The quantitative estimate of drug-likeness (QED) is 0.207. The van der Waals surface area contributed by atoms with Gasteiger partial charge in [0.15, 0.2) is 11.5 Å². The minimum atomic E-state index is -0.771. The Balaban J connectivity index is 1.99. The third kappa shape index (κ3) is 11.6. The molecule has 1 saturated heterocycles. The van der Waals surface area contributed by atoms with Crippen LogP contribution >= 0.6 is 0 Å². The van der Waals surface area contributed by atoms with E-state index in [2.05, 4.69) is 44.0 Å². The van der Waals surface area contributed by atoms with Gasteiger partial charge in [0.25, 0.3) is 0 Å². The molecular formula is C33H59N3O6. The monoisotopic (exact) mass is 593 g/mol. The highest BCUT2D eigenvalue weighted by Gasteiger charge is 2.33. The van der Waals surface area contributed by atoms with Gasteiger partial charge in [-0.05, 0) is 68.6 Å². The number of nitrogens with two attached hydrogens (primary N) is 1. The van der Waals surface area contributed by atoms with Gasteiger partial charge >= 0.3 is 0 Å². The number of hydrogen-bond acceptors (Lipinski definition) is 8. The van der Waals surface area contributed by atoms with Crippen LogP contribution in [0, 0.1) is 23.7 Å². The number of aliphatic hydroxyl groups is 1. The predicted octanol–water partition coefficient (Wildman–Crippen LogP) is 3.89. The molecule has 242 valence electrons. The van der Waals surface area contributed by atoms with E-state index in [0.717, 1.165) is 50.5 Å². The first-order chi connectivity index (χ1) is 19.9. The van der Waals surface area contributed by atoms with Gasteiger partial charge in [-0.1, -0.05) is 33.8 Å². The smallest absolute Gasteiger partial charge is 0.223 e. The van der Waals surface area contributed by atoms with Crippen LogP contribution in [-0.4, -0.2) is 93.9 Å². The summed E-state index contributed by atoms with van der Waals surface area (Å²) >= 11 is 0. The predicted molar refractivity (Wildman–Crippen MR) is 168 cm³/mol. The van der Waals surface area contributed by atoms with Gasteiger partial charge in [0.2, 0.25) is 5.91 Å². The van der Waals surface area contributed by atoms with Gasteiger partial charge in [0.05, 0.1) is 33.0 Å². The average Bonchev–Trinajstić information content (AvgIpc) is 2.96. The fourth-order valence-corrected chi connectivity index (χ4v) is 5.58. The standard InChI is InChI=1S/C33H59N3O6/c1-23(2)26(18-25-10-11-30(40-8)31(19-25)42-15-9-14-39-7)20-28(34)29(37)21-27(24(3)4)32(38)35-22-33(5,6)36-12-16-41-17-13-36/h10-11,19,23-24,26-29,37H,9,12-18,20-22,34H2,1-8H3,(H,35,38)/t26-,27-,28-,29-/m0/s1. The molecule has 1 aromatic rings. The van der Waals surface area contributed by atoms with E-state index >= 15 is 0 Å². The summed E-state index contributed by atoms with van der Waals surface area (Å²) in [7, 11) is 3.32. The molecule has 1 aromatic carbocycles. The van der Waals surface area contributed by atoms with Gasteiger partial charge in [-0.2, -0.15) is 0 Å². The van der Waals surface area contributed by atoms with Gasteiger partial charge in [0, 0.05) is 57.3 Å². The van der Waals surface area contributed by atoms with Crippen LogP contribution in [0.3, 0.4) is 0 Å². The summed E-state index contributed by atoms with van der Waals surface area (Å²) in [5.41, 5.74) is 7.58. The number of benzene rings is 1. The SMILES string of the molecule is COCCCOc1cc(C[C@@H](C[C@H](N)[C@@H](O)C[C@H](C(=O)NCC(C)(C)N2CCOCC2)C(C)C)C(C)C)ccc1OC. The molecule has 4 atom stereocenters. The summed E-state index contributed by atoms with van der Waals surface area (Å²) in [6.07, 6.45) is 1.83. The van der Waals surface area contributed by atoms with E-state index in [1.165, 1.54) is 0 Å². The normalized spacial score (nSPS) is 17.6. The van der Waals surface area contributed by atoms with Crippen molar-refractivity contribution in [3.8, 4) is 11.5 Å². The lowest BCUT2D eigenvalue weighted by atomic mass is 9.80. The number of methoxy groups -OCH3 is 2. The molecular weight excluding hydrogens is 534 g/mol. The second-order valence-electron chi connectivity index (χ2n) is 13.1. The van der Waals surface area contributed by atoms with Gasteiger partial charge in [-0.15, -0.1) is 0 Å². The Kier molecular flexibility index (Phi) is 15.6. The number of ether oxygens (including phenoxy) is 4. The van der Waals surface area contributed by atoms with E-state index in [9.17, 15) is 9.90 Å². The summed E-state index contributed by atoms with van der Waals surface area (Å²) in [5.74, 6) is 1.79. The first-order valence-corrected chi connectivity index (χ1v) is 15.7. The number of aliphatic hydroxyl groups excluding tert-OH is 1. The molecule has 0 unspecified atom stereocenters. The number of carbonyl (C=O) groups is 1. The van der Waals surface area contributed by atoms with E-state index < -0.39 is 12.1 Å². The Bertz CT molecular complexity index is 919. The molecule has 0 bridgehead atoms. The zero-order chi connectivity index (χ0) is 31.3. The summed E-state index contributed by atoms with van der Waals surface area (Å²) in [4.78, 5) is 15.7. The number of rotatable bonds is 19. The van der Waals surface area contributed by atoms with Crippen LogP contribution < -0.4 is 20.5 Å². The third-order valence-corrected chi connectivity index (χ3v) is 8.69. The van der Waals surface area contributed by atoms with Crippen molar-refractivity contribution >= 4 is 5.91 Å². The molecule has 1 fully saturated rings. The molecule has 0 spiro atoms. The number of morpholine rings is 1. The lowest BCUT2D eigenvalue weighted by Gasteiger charge is -2.41. The van der Waals surface area contributed by atoms with Crippen molar-refractivity contribution in [3.63, 3.8) is 0 Å². The first-order valence-electron chi connectivity index (χ1n) is 15.7. The maximum atomic E-state index is 13.3. The van der Waals surface area contributed by atoms with Crippen LogP contribution in [0.15, 0.2) is 18.2 Å². The second-order valence-corrected chi connectivity index (χ2v) is 13.1. The fraction of sp³-hybridized carbons (Fsp3) is 0.788. The van der Waals surface area contributed by atoms with Crippen molar-refractivity contribution in [3.05, 3.63) is 23.8 Å². The third-order valence-electron chi connectivity index (χ3n) is 8.69. The molecule has 0 radical (unpaired) electrons. The van der Waals surface area contributed by atoms with Crippen LogP contribution in [0.5, 0.6) is 11.5 Å². The summed E-state index contributed by atoms with van der Waals surface area (Å²) in [5, 5.41) is 14.4. The van der Waals surface area contributed by atoms with Crippen molar-refractivity contribution in [2.75, 3.05) is 60.3 Å². The number of nitrogens with zero attached hydrogens (tertiary/aromatic N) is 1. The van der Waals surface area contributed by atoms with Gasteiger partial charge in [-0.3, -0.25) is 9.69 Å². The molecule has 0 aromatic heterocycles. The lowest BCUT2D eigenvalue weighted by molar-refractivity contribution is -0.128. The summed E-state index contributed by atoms with van der Waals surface area (Å²) in [6.45, 7) is 17.6. The van der Waals surface area contributed by atoms with Crippen LogP contribution in [0.2, 0.25) is 0 Å². The van der Waals surface area contributed by atoms with Crippen molar-refractivity contribution < 1.29 is 28.8 Å². The Morgan fingerprint density at radius 3 is 2.36 bits per heavy atom. The van der Waals surface area contributed by atoms with Crippen LogP contribution in [0.1, 0.15) is 66.4 Å². The minimum absolute atomic E-state index is 0.0192. The maximum Gasteiger partial charge on any atom is 0.223 e. The molecule has 1 aliphatic rings. The molecule has 9 nitrogen and oxygen atoms in total. The van der Waals surface area contributed by atoms with E-state index in [1.54, 1.807) is 14.2 Å². The van der Waals surface area contributed by atoms with E-state index in [1.807, 2.05) is 26.0 Å². The Morgan fingerprint density at radius 2 is 1.76 bits per heavy atom. The zero-order valence-electron chi connectivity index (χ0n) is 27.5. The Hall–Kier alpha value is -1.91. The molecule has 0 saturated carbocycles. The number of amides is 1. The molecule has 4 N–H and O–H groups in total. The molecule has 1 heterocycles. The van der Waals surface area contributed by atoms with E-state index in [0.29, 0.717) is 44.3 Å². The van der Waals surface area contributed by atoms with Crippen molar-refractivity contribution in [2.24, 2.45) is 29.4 Å². The molecule has 42 heavy (non-hydrogen) atoms. The highest BCUT2D eigenvalue weighted by atomic mass is 16.5. The summed E-state index contributed by atoms with van der Waals surface area (Å²) in [6, 6.07) is 5.62. The van der Waals surface area contributed by atoms with Crippen molar-refractivity contribution in [2.45, 2.75) is 84.9 Å². The fourth-order valence-electron chi connectivity index (χ4n) is 5.58. The van der Waals surface area contributed by atoms with Crippen LogP contribution in [0.4, 0.5) is 0 Å². The Morgan fingerprint density at radius 1 is 1.07 bits per heavy atom. The highest BCUT2D eigenvalue weighted by Crippen LogP contribution is 2.32. The number of hydrogen-bond donors (Lipinski definition) is 3. The Labute approximate surface area is 254 Å². The molecule has 1 aliphatic heterocycles. The van der Waals surface area contributed by atoms with E-state index in [-0.39, 0.29) is 29.2 Å². The van der Waals surface area contributed by atoms with Gasteiger partial charge < -0.3 is 35.1 Å². The van der Waals surface area contributed by atoms with Crippen LogP contribution in [0.25, 0.3) is 0 Å². The minimum Gasteiger partial charge on any atom is -0.493 e. The molecule has 2 rings (SSSR count). The van der Waals surface area contributed by atoms with Gasteiger partial charge in [-0.25, -0.2) is 0 Å². The topological polar surface area (TPSA) is 116 Å². The lowest BCUT2D eigenvalue weighted by Crippen LogP contribution is -2.56. The van der Waals surface area contributed by atoms with Crippen LogP contribution in [-0.2, 0) is 20.7 Å². The first kappa shape index (κ1) is 36.3. The zero-order valence-corrected chi connectivity index (χ0v) is 27.5. The highest BCUT2D eigenvalue weighted by molar-refractivity contribution is 5.79. The second kappa shape index (κ2) is 18.0. The number of nitrogens with one attached hydrogen (secondary N) is 1. The largest absolute Gasteiger partial charge is 0.493 e. The molecule has 9 heteroatoms.